The minimum Gasteiger partial charge on any atom is -0.312 e. The van der Waals surface area contributed by atoms with E-state index in [2.05, 4.69) is 43.4 Å². The van der Waals surface area contributed by atoms with Gasteiger partial charge in [0, 0.05) is 6.54 Å². The first-order chi connectivity index (χ1) is 6.77. The second kappa shape index (κ2) is 4.14. The van der Waals surface area contributed by atoms with E-state index in [0.29, 0.717) is 0 Å². The number of hydrogen-bond donors (Lipinski definition) is 1. The topological polar surface area (TPSA) is 12.0 Å². The summed E-state index contributed by atoms with van der Waals surface area (Å²) in [5, 5.41) is 3.53. The van der Waals surface area contributed by atoms with E-state index in [1.165, 1.54) is 24.1 Å². The standard InChI is InChI=1S/C13H19N/c1-10-5-3-4-6-12(10)8-14-9-13-7-11(13)2/h3-6,11,13-14H,7-9H2,1-2H3. The van der Waals surface area contributed by atoms with Gasteiger partial charge in [-0.1, -0.05) is 31.2 Å². The lowest BCUT2D eigenvalue weighted by atomic mass is 10.1. The lowest BCUT2D eigenvalue weighted by Gasteiger charge is -2.06. The predicted octanol–water partition coefficient (Wildman–Crippen LogP) is 2.74. The summed E-state index contributed by atoms with van der Waals surface area (Å²) < 4.78 is 0. The normalized spacial score (nSPS) is 25.0. The highest BCUT2D eigenvalue weighted by Crippen LogP contribution is 2.36. The van der Waals surface area contributed by atoms with Gasteiger partial charge >= 0.3 is 0 Å². The van der Waals surface area contributed by atoms with Crippen molar-refractivity contribution < 1.29 is 0 Å². The molecule has 1 fully saturated rings. The molecule has 0 aromatic heterocycles. The molecule has 2 unspecified atom stereocenters. The van der Waals surface area contributed by atoms with Gasteiger partial charge < -0.3 is 5.32 Å². The second-order valence-electron chi connectivity index (χ2n) is 4.53. The number of rotatable bonds is 4. The molecular formula is C13H19N. The first-order valence-corrected chi connectivity index (χ1v) is 5.52. The van der Waals surface area contributed by atoms with E-state index in [1.54, 1.807) is 0 Å². The third kappa shape index (κ3) is 2.36. The van der Waals surface area contributed by atoms with Gasteiger partial charge in [0.2, 0.25) is 0 Å². The molecule has 0 amide bonds. The van der Waals surface area contributed by atoms with Gasteiger partial charge in [0.15, 0.2) is 0 Å². The van der Waals surface area contributed by atoms with Gasteiger partial charge in [0.25, 0.3) is 0 Å². The minimum atomic E-state index is 0.944. The number of nitrogens with one attached hydrogen (secondary N) is 1. The highest BCUT2D eigenvalue weighted by molar-refractivity contribution is 5.25. The zero-order valence-electron chi connectivity index (χ0n) is 9.09. The van der Waals surface area contributed by atoms with E-state index in [-0.39, 0.29) is 0 Å². The van der Waals surface area contributed by atoms with Crippen LogP contribution < -0.4 is 5.32 Å². The Labute approximate surface area is 86.5 Å². The van der Waals surface area contributed by atoms with Gasteiger partial charge in [-0.2, -0.15) is 0 Å². The Balaban J connectivity index is 1.77. The molecule has 1 heteroatoms. The Hall–Kier alpha value is -0.820. The summed E-state index contributed by atoms with van der Waals surface area (Å²) in [4.78, 5) is 0. The smallest absolute Gasteiger partial charge is 0.0208 e. The van der Waals surface area contributed by atoms with Crippen LogP contribution in [0, 0.1) is 18.8 Å². The molecule has 0 heterocycles. The Kier molecular flexibility index (Phi) is 2.87. The van der Waals surface area contributed by atoms with E-state index >= 15 is 0 Å². The number of hydrogen-bond acceptors (Lipinski definition) is 1. The molecule has 14 heavy (non-hydrogen) atoms. The van der Waals surface area contributed by atoms with Crippen molar-refractivity contribution >= 4 is 0 Å². The van der Waals surface area contributed by atoms with E-state index in [4.69, 9.17) is 0 Å². The molecule has 0 spiro atoms. The molecule has 76 valence electrons. The molecule has 0 radical (unpaired) electrons. The third-order valence-corrected chi connectivity index (χ3v) is 3.26. The summed E-state index contributed by atoms with van der Waals surface area (Å²) in [5.41, 5.74) is 2.82. The summed E-state index contributed by atoms with van der Waals surface area (Å²) in [6, 6.07) is 8.60. The highest BCUT2D eigenvalue weighted by atomic mass is 14.9. The molecule has 1 nitrogen and oxygen atoms in total. The fraction of sp³-hybridized carbons (Fsp3) is 0.538. The zero-order valence-corrected chi connectivity index (χ0v) is 9.09. The van der Waals surface area contributed by atoms with Crippen molar-refractivity contribution in [1.82, 2.24) is 5.32 Å². The fourth-order valence-corrected chi connectivity index (χ4v) is 1.88. The highest BCUT2D eigenvalue weighted by Gasteiger charge is 2.31. The SMILES string of the molecule is Cc1ccccc1CNCC1CC1C. The van der Waals surface area contributed by atoms with Gasteiger partial charge in [-0.25, -0.2) is 0 Å². The number of aryl methyl sites for hydroxylation is 1. The van der Waals surface area contributed by atoms with Crippen molar-refractivity contribution in [2.45, 2.75) is 26.8 Å². The summed E-state index contributed by atoms with van der Waals surface area (Å²) in [5.74, 6) is 1.90. The molecule has 0 bridgehead atoms. The quantitative estimate of drug-likeness (QED) is 0.768. The maximum atomic E-state index is 3.53. The first-order valence-electron chi connectivity index (χ1n) is 5.52. The molecule has 2 rings (SSSR count). The molecule has 1 aliphatic rings. The Morgan fingerprint density at radius 2 is 2.07 bits per heavy atom. The molecule has 0 aliphatic heterocycles. The molecule has 1 aromatic rings. The number of benzene rings is 1. The molecule has 1 N–H and O–H groups in total. The van der Waals surface area contributed by atoms with Crippen LogP contribution in [-0.2, 0) is 6.54 Å². The van der Waals surface area contributed by atoms with Gasteiger partial charge in [0.05, 0.1) is 0 Å². The minimum absolute atomic E-state index is 0.944. The molecule has 1 aromatic carbocycles. The van der Waals surface area contributed by atoms with Gasteiger partial charge in [-0.15, -0.1) is 0 Å². The monoisotopic (exact) mass is 189 g/mol. The molecule has 1 saturated carbocycles. The summed E-state index contributed by atoms with van der Waals surface area (Å²) in [7, 11) is 0. The van der Waals surface area contributed by atoms with Gasteiger partial charge in [-0.3, -0.25) is 0 Å². The Bertz CT molecular complexity index is 306. The third-order valence-electron chi connectivity index (χ3n) is 3.26. The van der Waals surface area contributed by atoms with Crippen LogP contribution in [0.4, 0.5) is 0 Å². The van der Waals surface area contributed by atoms with Crippen molar-refractivity contribution in [1.29, 1.82) is 0 Å². The first kappa shape index (κ1) is 9.72. The van der Waals surface area contributed by atoms with Crippen LogP contribution in [0.2, 0.25) is 0 Å². The lowest BCUT2D eigenvalue weighted by Crippen LogP contribution is -2.17. The van der Waals surface area contributed by atoms with Crippen LogP contribution in [0.3, 0.4) is 0 Å². The van der Waals surface area contributed by atoms with E-state index in [1.807, 2.05) is 0 Å². The van der Waals surface area contributed by atoms with E-state index in [0.717, 1.165) is 18.4 Å². The van der Waals surface area contributed by atoms with Crippen LogP contribution in [0.15, 0.2) is 24.3 Å². The Morgan fingerprint density at radius 3 is 2.71 bits per heavy atom. The predicted molar refractivity (Wildman–Crippen MR) is 60.2 cm³/mol. The largest absolute Gasteiger partial charge is 0.312 e. The van der Waals surface area contributed by atoms with Gasteiger partial charge in [-0.05, 0) is 42.9 Å². The second-order valence-corrected chi connectivity index (χ2v) is 4.53. The van der Waals surface area contributed by atoms with Crippen molar-refractivity contribution in [2.24, 2.45) is 11.8 Å². The molecule has 0 saturated heterocycles. The van der Waals surface area contributed by atoms with E-state index < -0.39 is 0 Å². The van der Waals surface area contributed by atoms with Crippen LogP contribution in [0.5, 0.6) is 0 Å². The van der Waals surface area contributed by atoms with Crippen molar-refractivity contribution in [3.05, 3.63) is 35.4 Å². The molecular weight excluding hydrogens is 170 g/mol. The van der Waals surface area contributed by atoms with Crippen molar-refractivity contribution in [2.75, 3.05) is 6.54 Å². The lowest BCUT2D eigenvalue weighted by molar-refractivity contribution is 0.611. The van der Waals surface area contributed by atoms with Crippen LogP contribution in [-0.4, -0.2) is 6.54 Å². The van der Waals surface area contributed by atoms with Crippen LogP contribution >= 0.6 is 0 Å². The van der Waals surface area contributed by atoms with Crippen molar-refractivity contribution in [3.8, 4) is 0 Å². The summed E-state index contributed by atoms with van der Waals surface area (Å²) >= 11 is 0. The summed E-state index contributed by atoms with van der Waals surface area (Å²) in [6.45, 7) is 6.72. The Morgan fingerprint density at radius 1 is 1.36 bits per heavy atom. The summed E-state index contributed by atoms with van der Waals surface area (Å²) in [6.07, 6.45) is 1.42. The molecule has 1 aliphatic carbocycles. The van der Waals surface area contributed by atoms with Crippen molar-refractivity contribution in [3.63, 3.8) is 0 Å². The maximum Gasteiger partial charge on any atom is 0.0208 e. The van der Waals surface area contributed by atoms with Crippen LogP contribution in [0.25, 0.3) is 0 Å². The zero-order chi connectivity index (χ0) is 9.97. The fourth-order valence-electron chi connectivity index (χ4n) is 1.88. The van der Waals surface area contributed by atoms with Crippen LogP contribution in [0.1, 0.15) is 24.5 Å². The maximum absolute atomic E-state index is 3.53. The average molecular weight is 189 g/mol. The van der Waals surface area contributed by atoms with Gasteiger partial charge in [0.1, 0.15) is 0 Å². The average Bonchev–Trinajstić information content (AvgIpc) is 2.86. The molecule has 2 atom stereocenters. The van der Waals surface area contributed by atoms with E-state index in [9.17, 15) is 0 Å².